The van der Waals surface area contributed by atoms with Gasteiger partial charge in [-0.3, -0.25) is 9.88 Å². The minimum Gasteiger partial charge on any atom is -0.448 e. The molecule has 1 saturated heterocycles. The van der Waals surface area contributed by atoms with Crippen LogP contribution in [-0.2, 0) is 11.3 Å². The molecule has 0 aromatic carbocycles. The molecule has 2 heterocycles. The molecule has 0 radical (unpaired) electrons. The number of nitrogens with one attached hydrogen (secondary N) is 1. The first-order chi connectivity index (χ1) is 7.79. The first-order valence-corrected chi connectivity index (χ1v) is 5.40. The van der Waals surface area contributed by atoms with Crippen LogP contribution in [0.25, 0.3) is 0 Å². The highest BCUT2D eigenvalue weighted by atomic mass is 16.6. The molecule has 0 unspecified atom stereocenters. The SMILES string of the molecule is CCNc1ccnc(CN2CCOC2=O)c1. The van der Waals surface area contributed by atoms with E-state index in [4.69, 9.17) is 4.74 Å². The summed E-state index contributed by atoms with van der Waals surface area (Å²) in [6.07, 6.45) is 1.49. The molecule has 1 aromatic rings. The molecule has 5 heteroatoms. The highest BCUT2D eigenvalue weighted by molar-refractivity contribution is 5.69. The highest BCUT2D eigenvalue weighted by Crippen LogP contribution is 2.12. The average molecular weight is 221 g/mol. The minimum atomic E-state index is -0.254. The molecule has 0 aliphatic carbocycles. The van der Waals surface area contributed by atoms with Crippen LogP contribution in [0.15, 0.2) is 18.3 Å². The van der Waals surface area contributed by atoms with Gasteiger partial charge in [0, 0.05) is 18.4 Å². The second-order valence-electron chi connectivity index (χ2n) is 3.60. The first kappa shape index (κ1) is 10.7. The van der Waals surface area contributed by atoms with Gasteiger partial charge in [0.15, 0.2) is 0 Å². The summed E-state index contributed by atoms with van der Waals surface area (Å²) in [7, 11) is 0. The van der Waals surface area contributed by atoms with Crippen LogP contribution in [0.1, 0.15) is 12.6 Å². The van der Waals surface area contributed by atoms with Crippen LogP contribution in [-0.4, -0.2) is 35.7 Å². The van der Waals surface area contributed by atoms with Crippen molar-refractivity contribution in [2.75, 3.05) is 25.0 Å². The summed E-state index contributed by atoms with van der Waals surface area (Å²) >= 11 is 0. The van der Waals surface area contributed by atoms with Gasteiger partial charge in [0.25, 0.3) is 0 Å². The summed E-state index contributed by atoms with van der Waals surface area (Å²) in [4.78, 5) is 17.1. The third-order valence-corrected chi connectivity index (χ3v) is 2.40. The second kappa shape index (κ2) is 4.83. The Balaban J connectivity index is 2.03. The van der Waals surface area contributed by atoms with E-state index in [0.29, 0.717) is 19.7 Å². The molecule has 16 heavy (non-hydrogen) atoms. The molecule has 1 aliphatic rings. The number of amides is 1. The van der Waals surface area contributed by atoms with Gasteiger partial charge in [-0.25, -0.2) is 4.79 Å². The zero-order valence-electron chi connectivity index (χ0n) is 9.27. The molecule has 2 rings (SSSR count). The Kier molecular flexibility index (Phi) is 3.24. The van der Waals surface area contributed by atoms with Gasteiger partial charge in [0.05, 0.1) is 18.8 Å². The number of carbonyl (C=O) groups is 1. The molecule has 1 fully saturated rings. The summed E-state index contributed by atoms with van der Waals surface area (Å²) < 4.78 is 4.86. The largest absolute Gasteiger partial charge is 0.448 e. The van der Waals surface area contributed by atoms with Crippen molar-refractivity contribution in [2.24, 2.45) is 0 Å². The normalized spacial score (nSPS) is 15.1. The van der Waals surface area contributed by atoms with Crippen molar-refractivity contribution >= 4 is 11.8 Å². The molecule has 0 saturated carbocycles. The van der Waals surface area contributed by atoms with Crippen LogP contribution >= 0.6 is 0 Å². The Hall–Kier alpha value is -1.78. The average Bonchev–Trinajstić information content (AvgIpc) is 2.66. The number of carbonyl (C=O) groups excluding carboxylic acids is 1. The van der Waals surface area contributed by atoms with Crippen molar-refractivity contribution < 1.29 is 9.53 Å². The molecular formula is C11H15N3O2. The summed E-state index contributed by atoms with van der Waals surface area (Å²) in [6.45, 7) is 4.54. The van der Waals surface area contributed by atoms with Crippen LogP contribution in [0, 0.1) is 0 Å². The number of nitrogens with zero attached hydrogens (tertiary/aromatic N) is 2. The molecule has 1 aliphatic heterocycles. The van der Waals surface area contributed by atoms with E-state index in [2.05, 4.69) is 10.3 Å². The first-order valence-electron chi connectivity index (χ1n) is 5.40. The molecule has 1 N–H and O–H groups in total. The highest BCUT2D eigenvalue weighted by Gasteiger charge is 2.22. The smallest absolute Gasteiger partial charge is 0.410 e. The van der Waals surface area contributed by atoms with Gasteiger partial charge in [-0.1, -0.05) is 0 Å². The van der Waals surface area contributed by atoms with Crippen LogP contribution < -0.4 is 5.32 Å². The fraction of sp³-hybridized carbons (Fsp3) is 0.455. The van der Waals surface area contributed by atoms with E-state index in [-0.39, 0.29) is 6.09 Å². The number of rotatable bonds is 4. The third kappa shape index (κ3) is 2.42. The molecular weight excluding hydrogens is 206 g/mol. The summed E-state index contributed by atoms with van der Waals surface area (Å²) in [5.41, 5.74) is 1.90. The topological polar surface area (TPSA) is 54.5 Å². The van der Waals surface area contributed by atoms with Gasteiger partial charge in [0.1, 0.15) is 6.61 Å². The maximum Gasteiger partial charge on any atom is 0.410 e. The van der Waals surface area contributed by atoms with Crippen LogP contribution in [0.5, 0.6) is 0 Å². The maximum absolute atomic E-state index is 11.2. The number of anilines is 1. The number of pyridine rings is 1. The Morgan fingerprint density at radius 3 is 3.19 bits per heavy atom. The quantitative estimate of drug-likeness (QED) is 0.836. The van der Waals surface area contributed by atoms with E-state index in [1.165, 1.54) is 0 Å². The molecule has 0 spiro atoms. The molecule has 86 valence electrons. The van der Waals surface area contributed by atoms with Gasteiger partial charge in [-0.15, -0.1) is 0 Å². The minimum absolute atomic E-state index is 0.254. The van der Waals surface area contributed by atoms with E-state index in [9.17, 15) is 4.79 Å². The predicted octanol–water partition coefficient (Wildman–Crippen LogP) is 1.47. The molecule has 1 amide bonds. The van der Waals surface area contributed by atoms with Crippen LogP contribution in [0.3, 0.4) is 0 Å². The molecule has 1 aromatic heterocycles. The Bertz CT molecular complexity index is 381. The van der Waals surface area contributed by atoms with Gasteiger partial charge in [-0.2, -0.15) is 0 Å². The van der Waals surface area contributed by atoms with E-state index in [0.717, 1.165) is 17.9 Å². The number of cyclic esters (lactones) is 1. The second-order valence-corrected chi connectivity index (χ2v) is 3.60. The Morgan fingerprint density at radius 1 is 1.62 bits per heavy atom. The van der Waals surface area contributed by atoms with Gasteiger partial charge in [0.2, 0.25) is 0 Å². The third-order valence-electron chi connectivity index (χ3n) is 2.40. The van der Waals surface area contributed by atoms with Crippen molar-refractivity contribution in [2.45, 2.75) is 13.5 Å². The summed E-state index contributed by atoms with van der Waals surface area (Å²) in [6, 6.07) is 3.87. The number of hydrogen-bond acceptors (Lipinski definition) is 4. The Labute approximate surface area is 94.4 Å². The molecule has 0 bridgehead atoms. The van der Waals surface area contributed by atoms with Crippen LogP contribution in [0.2, 0.25) is 0 Å². The van der Waals surface area contributed by atoms with E-state index >= 15 is 0 Å². The lowest BCUT2D eigenvalue weighted by atomic mass is 10.3. The molecule has 5 nitrogen and oxygen atoms in total. The number of aromatic nitrogens is 1. The predicted molar refractivity (Wildman–Crippen MR) is 60.2 cm³/mol. The van der Waals surface area contributed by atoms with Crippen molar-refractivity contribution in [3.63, 3.8) is 0 Å². The van der Waals surface area contributed by atoms with Gasteiger partial charge < -0.3 is 10.1 Å². The van der Waals surface area contributed by atoms with E-state index in [1.807, 2.05) is 19.1 Å². The van der Waals surface area contributed by atoms with Crippen molar-refractivity contribution in [1.82, 2.24) is 9.88 Å². The van der Waals surface area contributed by atoms with Crippen LogP contribution in [0.4, 0.5) is 10.5 Å². The fourth-order valence-electron chi connectivity index (χ4n) is 1.64. The molecule has 0 atom stereocenters. The van der Waals surface area contributed by atoms with Gasteiger partial charge in [-0.05, 0) is 19.1 Å². The lowest BCUT2D eigenvalue weighted by Crippen LogP contribution is -2.24. The Morgan fingerprint density at radius 2 is 2.50 bits per heavy atom. The summed E-state index contributed by atoms with van der Waals surface area (Å²) in [5.74, 6) is 0. The van der Waals surface area contributed by atoms with E-state index in [1.54, 1.807) is 11.1 Å². The zero-order chi connectivity index (χ0) is 11.4. The van der Waals surface area contributed by atoms with E-state index < -0.39 is 0 Å². The number of ether oxygens (including phenoxy) is 1. The van der Waals surface area contributed by atoms with Crippen molar-refractivity contribution in [3.8, 4) is 0 Å². The zero-order valence-corrected chi connectivity index (χ0v) is 9.27. The van der Waals surface area contributed by atoms with Crippen molar-refractivity contribution in [1.29, 1.82) is 0 Å². The monoisotopic (exact) mass is 221 g/mol. The standard InChI is InChI=1S/C11H15N3O2/c1-2-12-9-3-4-13-10(7-9)8-14-5-6-16-11(14)15/h3-4,7H,2,5-6,8H2,1H3,(H,12,13). The lowest BCUT2D eigenvalue weighted by Gasteiger charge is -2.12. The lowest BCUT2D eigenvalue weighted by molar-refractivity contribution is 0.157. The summed E-state index contributed by atoms with van der Waals surface area (Å²) in [5, 5.41) is 3.21. The van der Waals surface area contributed by atoms with Crippen molar-refractivity contribution in [3.05, 3.63) is 24.0 Å². The van der Waals surface area contributed by atoms with Gasteiger partial charge >= 0.3 is 6.09 Å². The maximum atomic E-state index is 11.2. The number of hydrogen-bond donors (Lipinski definition) is 1. The fourth-order valence-corrected chi connectivity index (χ4v) is 1.64.